The van der Waals surface area contributed by atoms with Crippen LogP contribution >= 0.6 is 24.0 Å². The molecule has 3 rings (SSSR count). The monoisotopic (exact) mass is 462 g/mol. The van der Waals surface area contributed by atoms with E-state index in [1.807, 2.05) is 6.07 Å². The molecular formula is C18H28FIN4O. The van der Waals surface area contributed by atoms with Gasteiger partial charge in [-0.15, -0.1) is 24.0 Å². The molecule has 0 spiro atoms. The highest BCUT2D eigenvalue weighted by Crippen LogP contribution is 2.23. The van der Waals surface area contributed by atoms with Crippen molar-refractivity contribution in [2.24, 2.45) is 4.99 Å². The van der Waals surface area contributed by atoms with Crippen LogP contribution in [0.2, 0.25) is 0 Å². The van der Waals surface area contributed by atoms with E-state index in [0.717, 1.165) is 44.4 Å². The fraction of sp³-hybridized carbons (Fsp3) is 0.611. The summed E-state index contributed by atoms with van der Waals surface area (Å²) in [7, 11) is 0. The lowest BCUT2D eigenvalue weighted by atomic mass is 10.0. The number of halogens is 2. The van der Waals surface area contributed by atoms with E-state index in [9.17, 15) is 4.39 Å². The zero-order valence-corrected chi connectivity index (χ0v) is 17.0. The molecule has 1 saturated heterocycles. The van der Waals surface area contributed by atoms with Gasteiger partial charge in [-0.2, -0.15) is 0 Å². The fourth-order valence-corrected chi connectivity index (χ4v) is 2.95. The molecule has 25 heavy (non-hydrogen) atoms. The molecule has 1 aliphatic heterocycles. The van der Waals surface area contributed by atoms with Crippen LogP contribution in [0.1, 0.15) is 31.4 Å². The number of aliphatic imine (C=N–C) groups is 1. The Bertz CT molecular complexity index is 562. The first-order valence-corrected chi connectivity index (χ1v) is 8.88. The highest BCUT2D eigenvalue weighted by molar-refractivity contribution is 14.0. The zero-order valence-electron chi connectivity index (χ0n) is 14.7. The molecule has 2 fully saturated rings. The first kappa shape index (κ1) is 20.4. The Labute approximate surface area is 166 Å². The molecular weight excluding hydrogens is 434 g/mol. The number of guanidine groups is 1. The third-order valence-corrected chi connectivity index (χ3v) is 4.40. The first-order valence-electron chi connectivity index (χ1n) is 8.88. The SMILES string of the molecule is CCNC(=NCC(c1cccc(F)c1)N1CCOCC1)NC1CC1.I. The maximum atomic E-state index is 13.7. The third-order valence-electron chi connectivity index (χ3n) is 4.40. The van der Waals surface area contributed by atoms with Crippen molar-refractivity contribution < 1.29 is 9.13 Å². The van der Waals surface area contributed by atoms with Gasteiger partial charge in [-0.1, -0.05) is 12.1 Å². The fourth-order valence-electron chi connectivity index (χ4n) is 2.95. The Kier molecular flexibility index (Phi) is 8.38. The van der Waals surface area contributed by atoms with Gasteiger partial charge in [-0.25, -0.2) is 4.39 Å². The minimum absolute atomic E-state index is 0. The Morgan fingerprint density at radius 3 is 2.76 bits per heavy atom. The van der Waals surface area contributed by atoms with Crippen LogP contribution in [0.25, 0.3) is 0 Å². The number of hydrogen-bond acceptors (Lipinski definition) is 3. The van der Waals surface area contributed by atoms with E-state index >= 15 is 0 Å². The molecule has 1 aliphatic carbocycles. The number of nitrogens with zero attached hydrogens (tertiary/aromatic N) is 2. The lowest BCUT2D eigenvalue weighted by Crippen LogP contribution is -2.42. The minimum atomic E-state index is -0.197. The molecule has 1 aromatic carbocycles. The molecule has 0 radical (unpaired) electrons. The molecule has 1 atom stereocenters. The van der Waals surface area contributed by atoms with E-state index in [-0.39, 0.29) is 35.8 Å². The molecule has 0 amide bonds. The number of rotatable bonds is 6. The van der Waals surface area contributed by atoms with Crippen molar-refractivity contribution in [1.82, 2.24) is 15.5 Å². The average Bonchev–Trinajstić information content (AvgIpc) is 3.40. The number of nitrogens with one attached hydrogen (secondary N) is 2. The minimum Gasteiger partial charge on any atom is -0.379 e. The number of ether oxygens (including phenoxy) is 1. The molecule has 7 heteroatoms. The second-order valence-electron chi connectivity index (χ2n) is 6.36. The van der Waals surface area contributed by atoms with Gasteiger partial charge < -0.3 is 15.4 Å². The standard InChI is InChI=1S/C18H27FN4O.HI/c1-2-20-18(22-16-6-7-16)21-13-17(23-8-10-24-11-9-23)14-4-3-5-15(19)12-14;/h3-5,12,16-17H,2,6-11,13H2,1H3,(H2,20,21,22);1H. The summed E-state index contributed by atoms with van der Waals surface area (Å²) in [5, 5.41) is 6.73. The Morgan fingerprint density at radius 1 is 1.36 bits per heavy atom. The summed E-state index contributed by atoms with van der Waals surface area (Å²) in [6.45, 7) is 6.64. The molecule has 140 valence electrons. The number of hydrogen-bond donors (Lipinski definition) is 2. The van der Waals surface area contributed by atoms with Gasteiger partial charge >= 0.3 is 0 Å². The van der Waals surface area contributed by atoms with Crippen molar-refractivity contribution in [2.45, 2.75) is 31.8 Å². The molecule has 1 unspecified atom stereocenters. The van der Waals surface area contributed by atoms with Crippen LogP contribution in [0.15, 0.2) is 29.3 Å². The van der Waals surface area contributed by atoms with Gasteiger partial charge in [0.2, 0.25) is 0 Å². The maximum absolute atomic E-state index is 13.7. The Morgan fingerprint density at radius 2 is 2.12 bits per heavy atom. The topological polar surface area (TPSA) is 48.9 Å². The second kappa shape index (κ2) is 10.3. The molecule has 0 bridgehead atoms. The van der Waals surface area contributed by atoms with Crippen LogP contribution in [-0.2, 0) is 4.74 Å². The van der Waals surface area contributed by atoms with E-state index in [4.69, 9.17) is 9.73 Å². The lowest BCUT2D eigenvalue weighted by Gasteiger charge is -2.34. The van der Waals surface area contributed by atoms with E-state index < -0.39 is 0 Å². The number of morpholine rings is 1. The van der Waals surface area contributed by atoms with Gasteiger partial charge in [0.15, 0.2) is 5.96 Å². The smallest absolute Gasteiger partial charge is 0.191 e. The van der Waals surface area contributed by atoms with Crippen LogP contribution in [0, 0.1) is 5.82 Å². The molecule has 1 saturated carbocycles. The maximum Gasteiger partial charge on any atom is 0.191 e. The lowest BCUT2D eigenvalue weighted by molar-refractivity contribution is 0.0179. The van der Waals surface area contributed by atoms with Gasteiger partial charge in [-0.05, 0) is 37.5 Å². The summed E-state index contributed by atoms with van der Waals surface area (Å²) in [4.78, 5) is 7.10. The van der Waals surface area contributed by atoms with Crippen LogP contribution < -0.4 is 10.6 Å². The first-order chi connectivity index (χ1) is 11.8. The van der Waals surface area contributed by atoms with Crippen molar-refractivity contribution in [2.75, 3.05) is 39.4 Å². The summed E-state index contributed by atoms with van der Waals surface area (Å²) in [5.74, 6) is 0.660. The van der Waals surface area contributed by atoms with Gasteiger partial charge in [-0.3, -0.25) is 9.89 Å². The van der Waals surface area contributed by atoms with Crippen molar-refractivity contribution in [3.05, 3.63) is 35.6 Å². The van der Waals surface area contributed by atoms with Crippen molar-refractivity contribution in [3.8, 4) is 0 Å². The summed E-state index contributed by atoms with van der Waals surface area (Å²) in [6.07, 6.45) is 2.42. The van der Waals surface area contributed by atoms with Crippen molar-refractivity contribution in [1.29, 1.82) is 0 Å². The average molecular weight is 462 g/mol. The molecule has 0 aromatic heterocycles. The third kappa shape index (κ3) is 6.38. The Hall–Kier alpha value is -0.930. The highest BCUT2D eigenvalue weighted by Gasteiger charge is 2.25. The second-order valence-corrected chi connectivity index (χ2v) is 6.36. The number of benzene rings is 1. The predicted octanol–water partition coefficient (Wildman–Crippen LogP) is 2.53. The largest absolute Gasteiger partial charge is 0.379 e. The summed E-state index contributed by atoms with van der Waals surface area (Å²) in [5.41, 5.74) is 0.975. The predicted molar refractivity (Wildman–Crippen MR) is 109 cm³/mol. The quantitative estimate of drug-likeness (QED) is 0.388. The van der Waals surface area contributed by atoms with Gasteiger partial charge in [0.05, 0.1) is 25.8 Å². The van der Waals surface area contributed by atoms with Crippen molar-refractivity contribution >= 4 is 29.9 Å². The van der Waals surface area contributed by atoms with Crippen LogP contribution in [0.4, 0.5) is 4.39 Å². The van der Waals surface area contributed by atoms with Gasteiger partial charge in [0, 0.05) is 25.7 Å². The van der Waals surface area contributed by atoms with E-state index in [2.05, 4.69) is 22.5 Å². The van der Waals surface area contributed by atoms with Crippen LogP contribution in [-0.4, -0.2) is 56.3 Å². The zero-order chi connectivity index (χ0) is 16.8. The molecule has 2 N–H and O–H groups in total. The molecule has 1 aromatic rings. The van der Waals surface area contributed by atoms with E-state index in [0.29, 0.717) is 12.6 Å². The molecule has 5 nitrogen and oxygen atoms in total. The molecule has 2 aliphatic rings. The van der Waals surface area contributed by atoms with Crippen molar-refractivity contribution in [3.63, 3.8) is 0 Å². The summed E-state index contributed by atoms with van der Waals surface area (Å²) >= 11 is 0. The van der Waals surface area contributed by atoms with Gasteiger partial charge in [0.1, 0.15) is 5.82 Å². The van der Waals surface area contributed by atoms with Gasteiger partial charge in [0.25, 0.3) is 0 Å². The highest BCUT2D eigenvalue weighted by atomic mass is 127. The summed E-state index contributed by atoms with van der Waals surface area (Å²) in [6, 6.07) is 7.49. The normalized spacial score (nSPS) is 19.8. The van der Waals surface area contributed by atoms with Crippen LogP contribution in [0.5, 0.6) is 0 Å². The van der Waals surface area contributed by atoms with E-state index in [1.54, 1.807) is 12.1 Å². The van der Waals surface area contributed by atoms with Crippen LogP contribution in [0.3, 0.4) is 0 Å². The summed E-state index contributed by atoms with van der Waals surface area (Å²) < 4.78 is 19.1. The Balaban J connectivity index is 0.00000225. The van der Waals surface area contributed by atoms with E-state index in [1.165, 1.54) is 18.9 Å². The molecule has 1 heterocycles.